The monoisotopic (exact) mass is 343 g/mol. The van der Waals surface area contributed by atoms with E-state index in [2.05, 4.69) is 0 Å². The summed E-state index contributed by atoms with van der Waals surface area (Å²) >= 11 is 0. The highest BCUT2D eigenvalue weighted by Gasteiger charge is 2.66. The van der Waals surface area contributed by atoms with Gasteiger partial charge in [0.1, 0.15) is 12.0 Å². The Morgan fingerprint density at radius 2 is 1.42 bits per heavy atom. The molecule has 0 spiro atoms. The van der Waals surface area contributed by atoms with Gasteiger partial charge in [-0.1, -0.05) is 41.5 Å². The van der Waals surface area contributed by atoms with Gasteiger partial charge in [0.05, 0.1) is 9.85 Å². The highest BCUT2D eigenvalue weighted by Crippen LogP contribution is 2.51. The van der Waals surface area contributed by atoms with E-state index in [-0.39, 0.29) is 5.57 Å². The third kappa shape index (κ3) is 2.72. The molecule has 1 atom stereocenters. The van der Waals surface area contributed by atoms with Gasteiger partial charge in [0, 0.05) is 15.8 Å². The number of allylic oxidation sites excluding steroid dienone is 1. The number of nitro groups is 3. The van der Waals surface area contributed by atoms with Gasteiger partial charge >= 0.3 is 5.70 Å². The maximum Gasteiger partial charge on any atom is 0.324 e. The molecule has 134 valence electrons. The first-order chi connectivity index (χ1) is 10.6. The van der Waals surface area contributed by atoms with Crippen molar-refractivity contribution in [1.82, 2.24) is 0 Å². The smallest absolute Gasteiger partial charge is 0.324 e. The second kappa shape index (κ2) is 5.53. The van der Waals surface area contributed by atoms with Crippen molar-refractivity contribution in [3.63, 3.8) is 0 Å². The third-order valence-corrected chi connectivity index (χ3v) is 4.27. The van der Waals surface area contributed by atoms with Crippen molar-refractivity contribution >= 4 is 0 Å². The molecule has 1 N–H and O–H groups in total. The summed E-state index contributed by atoms with van der Waals surface area (Å²) in [6.07, 6.45) is -0.730. The van der Waals surface area contributed by atoms with E-state index in [1.54, 1.807) is 0 Å². The Balaban J connectivity index is 4.06. The second-order valence-electron chi connectivity index (χ2n) is 7.83. The van der Waals surface area contributed by atoms with Gasteiger partial charge in [-0.25, -0.2) is 0 Å². The molecule has 24 heavy (non-hydrogen) atoms. The summed E-state index contributed by atoms with van der Waals surface area (Å²) in [5, 5.41) is 45.4. The van der Waals surface area contributed by atoms with Crippen LogP contribution >= 0.6 is 0 Å². The van der Waals surface area contributed by atoms with Crippen LogP contribution in [0, 0.1) is 41.2 Å². The van der Waals surface area contributed by atoms with E-state index in [0.29, 0.717) is 0 Å². The first-order valence-corrected chi connectivity index (χ1v) is 7.20. The maximum atomic E-state index is 11.8. The van der Waals surface area contributed by atoms with E-state index in [4.69, 9.17) is 0 Å². The van der Waals surface area contributed by atoms with Crippen LogP contribution in [-0.2, 0) is 0 Å². The molecule has 0 aromatic rings. The number of aliphatic hydroxyl groups is 1. The number of hydrogen-bond acceptors (Lipinski definition) is 7. The fraction of sp³-hybridized carbons (Fsp3) is 0.714. The van der Waals surface area contributed by atoms with E-state index in [1.165, 1.54) is 41.5 Å². The number of hydrogen-bond donors (Lipinski definition) is 1. The SMILES string of the molecule is CC(C)(C)C1=C([N+](=O)[O-])CC([N+](=O)[O-])(C(C)(C)C)C(O)=C1[N+](=O)[O-]. The molecule has 1 rings (SSSR count). The van der Waals surface area contributed by atoms with E-state index in [1.807, 2.05) is 0 Å². The van der Waals surface area contributed by atoms with Gasteiger partial charge in [0.25, 0.3) is 17.0 Å². The second-order valence-corrected chi connectivity index (χ2v) is 7.83. The molecule has 0 heterocycles. The summed E-state index contributed by atoms with van der Waals surface area (Å²) in [6.45, 7) is 8.76. The van der Waals surface area contributed by atoms with E-state index < -0.39 is 54.7 Å². The molecule has 1 aliphatic carbocycles. The predicted molar refractivity (Wildman–Crippen MR) is 83.9 cm³/mol. The summed E-state index contributed by atoms with van der Waals surface area (Å²) < 4.78 is 0. The van der Waals surface area contributed by atoms with Gasteiger partial charge in [-0.2, -0.15) is 0 Å². The zero-order chi connectivity index (χ0) is 19.2. The van der Waals surface area contributed by atoms with Gasteiger partial charge in [0.15, 0.2) is 0 Å². The van der Waals surface area contributed by atoms with Crippen LogP contribution in [0.5, 0.6) is 0 Å². The van der Waals surface area contributed by atoms with Gasteiger partial charge in [0.2, 0.25) is 0 Å². The molecule has 0 saturated carbocycles. The van der Waals surface area contributed by atoms with Gasteiger partial charge in [-0.05, 0) is 0 Å². The van der Waals surface area contributed by atoms with E-state index >= 15 is 0 Å². The Kier molecular flexibility index (Phi) is 4.50. The maximum absolute atomic E-state index is 11.8. The molecule has 10 heteroatoms. The summed E-state index contributed by atoms with van der Waals surface area (Å²) in [7, 11) is 0. The van der Waals surface area contributed by atoms with Crippen molar-refractivity contribution in [2.24, 2.45) is 10.8 Å². The predicted octanol–water partition coefficient (Wildman–Crippen LogP) is 3.07. The van der Waals surface area contributed by atoms with Gasteiger partial charge in [-0.3, -0.25) is 30.3 Å². The first-order valence-electron chi connectivity index (χ1n) is 7.20. The van der Waals surface area contributed by atoms with Gasteiger partial charge in [-0.15, -0.1) is 0 Å². The molecular formula is C14H21N3O7. The minimum atomic E-state index is -2.35. The van der Waals surface area contributed by atoms with Crippen LogP contribution < -0.4 is 0 Å². The molecular weight excluding hydrogens is 322 g/mol. The van der Waals surface area contributed by atoms with Crippen molar-refractivity contribution in [1.29, 1.82) is 0 Å². The van der Waals surface area contributed by atoms with Crippen molar-refractivity contribution < 1.29 is 19.9 Å². The fourth-order valence-corrected chi connectivity index (χ4v) is 3.03. The Labute approximate surface area is 138 Å². The Bertz CT molecular complexity index is 679. The molecule has 0 aromatic heterocycles. The zero-order valence-electron chi connectivity index (χ0n) is 14.4. The van der Waals surface area contributed by atoms with Crippen LogP contribution in [-0.4, -0.2) is 25.4 Å². The van der Waals surface area contributed by atoms with E-state index in [9.17, 15) is 35.4 Å². The molecule has 0 amide bonds. The average Bonchev–Trinajstić information content (AvgIpc) is 2.33. The summed E-state index contributed by atoms with van der Waals surface area (Å²) in [5.41, 5.74) is -6.57. The number of rotatable bonds is 3. The summed E-state index contributed by atoms with van der Waals surface area (Å²) in [5.74, 6) is -1.04. The molecule has 10 nitrogen and oxygen atoms in total. The molecule has 1 unspecified atom stereocenters. The standard InChI is InChI=1S/C14H21N3O7/c1-12(2,3)9-8(15(19)20)7-14(17(23)24,13(4,5)6)11(18)10(9)16(21)22/h18H,7H2,1-6H3. The summed E-state index contributed by atoms with van der Waals surface area (Å²) in [6, 6.07) is 0. The van der Waals surface area contributed by atoms with Crippen molar-refractivity contribution in [3.05, 3.63) is 53.1 Å². The molecule has 0 aromatic carbocycles. The third-order valence-electron chi connectivity index (χ3n) is 4.27. The van der Waals surface area contributed by atoms with Gasteiger partial charge < -0.3 is 5.11 Å². The Morgan fingerprint density at radius 3 is 1.67 bits per heavy atom. The fourth-order valence-electron chi connectivity index (χ4n) is 3.03. The largest absolute Gasteiger partial charge is 0.501 e. The topological polar surface area (TPSA) is 150 Å². The lowest BCUT2D eigenvalue weighted by atomic mass is 9.64. The molecule has 0 saturated heterocycles. The zero-order valence-corrected chi connectivity index (χ0v) is 14.4. The van der Waals surface area contributed by atoms with Crippen molar-refractivity contribution in [2.45, 2.75) is 53.5 Å². The average molecular weight is 343 g/mol. The molecule has 0 radical (unpaired) electrons. The molecule has 0 fully saturated rings. The van der Waals surface area contributed by atoms with Crippen LogP contribution in [0.1, 0.15) is 48.0 Å². The van der Waals surface area contributed by atoms with Crippen LogP contribution in [0.15, 0.2) is 22.7 Å². The normalized spacial score (nSPS) is 22.6. The molecule has 0 aliphatic heterocycles. The number of aliphatic hydroxyl groups excluding tert-OH is 1. The molecule has 1 aliphatic rings. The van der Waals surface area contributed by atoms with Crippen molar-refractivity contribution in [2.75, 3.05) is 0 Å². The number of nitrogens with zero attached hydrogens (tertiary/aromatic N) is 3. The lowest BCUT2D eigenvalue weighted by molar-refractivity contribution is -0.591. The van der Waals surface area contributed by atoms with Crippen LogP contribution in [0.3, 0.4) is 0 Å². The highest BCUT2D eigenvalue weighted by molar-refractivity contribution is 5.43. The van der Waals surface area contributed by atoms with E-state index in [0.717, 1.165) is 0 Å². The highest BCUT2D eigenvalue weighted by atomic mass is 16.6. The molecule has 0 bridgehead atoms. The van der Waals surface area contributed by atoms with Crippen LogP contribution in [0.2, 0.25) is 0 Å². The Morgan fingerprint density at radius 1 is 0.958 bits per heavy atom. The summed E-state index contributed by atoms with van der Waals surface area (Å²) in [4.78, 5) is 32.1. The lowest BCUT2D eigenvalue weighted by Gasteiger charge is -2.38. The quantitative estimate of drug-likeness (QED) is 0.611. The minimum Gasteiger partial charge on any atom is -0.501 e. The van der Waals surface area contributed by atoms with Crippen molar-refractivity contribution in [3.8, 4) is 0 Å². The first kappa shape index (κ1) is 19.5. The lowest BCUT2D eigenvalue weighted by Crippen LogP contribution is -2.55. The minimum absolute atomic E-state index is 0.295. The Hall–Kier alpha value is -2.52. The van der Waals surface area contributed by atoms with Crippen LogP contribution in [0.4, 0.5) is 0 Å². The van der Waals surface area contributed by atoms with Crippen LogP contribution in [0.25, 0.3) is 0 Å².